The van der Waals surface area contributed by atoms with Crippen LogP contribution >= 0.6 is 0 Å². The molecule has 0 fully saturated rings. The van der Waals surface area contributed by atoms with Gasteiger partial charge in [-0.1, -0.05) is 24.3 Å². The van der Waals surface area contributed by atoms with E-state index in [9.17, 15) is 9.59 Å². The van der Waals surface area contributed by atoms with Gasteiger partial charge in [-0.2, -0.15) is 0 Å². The lowest BCUT2D eigenvalue weighted by Gasteiger charge is -2.06. The number of carbonyl (C=O) groups is 1. The van der Waals surface area contributed by atoms with E-state index in [1.54, 1.807) is 36.7 Å². The summed E-state index contributed by atoms with van der Waals surface area (Å²) in [5.41, 5.74) is 3.52. The number of benzene rings is 2. The zero-order chi connectivity index (χ0) is 21.2. The molecule has 0 radical (unpaired) electrons. The molecule has 2 N–H and O–H groups in total. The Hall–Kier alpha value is -4.33. The Balaban J connectivity index is 1.36. The Labute approximate surface area is 176 Å². The molecule has 0 spiro atoms. The number of aromatic amines is 1. The molecule has 0 aliphatic carbocycles. The minimum atomic E-state index is -0.290. The van der Waals surface area contributed by atoms with E-state index in [4.69, 9.17) is 0 Å². The van der Waals surface area contributed by atoms with E-state index >= 15 is 0 Å². The van der Waals surface area contributed by atoms with Gasteiger partial charge in [0.1, 0.15) is 0 Å². The molecule has 2 aromatic carbocycles. The van der Waals surface area contributed by atoms with Gasteiger partial charge in [-0.05, 0) is 48.4 Å². The second-order valence-electron chi connectivity index (χ2n) is 7.11. The van der Waals surface area contributed by atoms with Gasteiger partial charge in [0, 0.05) is 29.9 Å². The minimum absolute atomic E-state index is 0.170. The van der Waals surface area contributed by atoms with Gasteiger partial charge in [0.15, 0.2) is 5.52 Å². The van der Waals surface area contributed by atoms with Crippen LogP contribution in [0.15, 0.2) is 77.9 Å². The van der Waals surface area contributed by atoms with Crippen LogP contribution in [0, 0.1) is 0 Å². The summed E-state index contributed by atoms with van der Waals surface area (Å²) in [6, 6.07) is 18.2. The van der Waals surface area contributed by atoms with Gasteiger partial charge in [-0.15, -0.1) is 10.2 Å². The van der Waals surface area contributed by atoms with E-state index < -0.39 is 0 Å². The highest BCUT2D eigenvalue weighted by Gasteiger charge is 2.14. The third kappa shape index (κ3) is 3.55. The summed E-state index contributed by atoms with van der Waals surface area (Å²) in [5, 5.41) is 15.0. The van der Waals surface area contributed by atoms with E-state index in [0.29, 0.717) is 35.2 Å². The molecule has 0 aliphatic heterocycles. The number of aromatic nitrogens is 5. The van der Waals surface area contributed by atoms with Crippen LogP contribution in [0.3, 0.4) is 0 Å². The van der Waals surface area contributed by atoms with Crippen LogP contribution in [0.1, 0.15) is 15.9 Å². The predicted octanol–water partition coefficient (Wildman–Crippen LogP) is 2.63. The predicted molar refractivity (Wildman–Crippen MR) is 117 cm³/mol. The van der Waals surface area contributed by atoms with Crippen molar-refractivity contribution in [1.82, 2.24) is 30.3 Å². The summed E-state index contributed by atoms with van der Waals surface area (Å²) in [7, 11) is 0. The van der Waals surface area contributed by atoms with Crippen LogP contribution in [-0.2, 0) is 6.42 Å². The first-order valence-electron chi connectivity index (χ1n) is 9.84. The number of nitrogens with one attached hydrogen (secondary N) is 2. The van der Waals surface area contributed by atoms with Crippen LogP contribution in [0.5, 0.6) is 0 Å². The van der Waals surface area contributed by atoms with Crippen LogP contribution < -0.4 is 10.9 Å². The molecule has 0 unspecified atom stereocenters. The largest absolute Gasteiger partial charge is 0.352 e. The van der Waals surface area contributed by atoms with Gasteiger partial charge in [0.05, 0.1) is 16.7 Å². The summed E-state index contributed by atoms with van der Waals surface area (Å²) in [4.78, 5) is 29.3. The first kappa shape index (κ1) is 18.7. The van der Waals surface area contributed by atoms with Crippen molar-refractivity contribution in [1.29, 1.82) is 0 Å². The Morgan fingerprint density at radius 1 is 1.00 bits per heavy atom. The van der Waals surface area contributed by atoms with Crippen molar-refractivity contribution < 1.29 is 4.79 Å². The molecular weight excluding hydrogens is 392 g/mol. The molecule has 0 aliphatic rings. The molecule has 0 bridgehead atoms. The highest BCUT2D eigenvalue weighted by atomic mass is 16.1. The maximum atomic E-state index is 12.8. The summed E-state index contributed by atoms with van der Waals surface area (Å²) in [6.45, 7) is 0.513. The molecule has 3 heterocycles. The summed E-state index contributed by atoms with van der Waals surface area (Å²) >= 11 is 0. The van der Waals surface area contributed by atoms with Crippen molar-refractivity contribution >= 4 is 27.8 Å². The number of nitrogens with zero attached hydrogens (tertiary/aromatic N) is 4. The molecule has 31 heavy (non-hydrogen) atoms. The quantitative estimate of drug-likeness (QED) is 0.463. The fourth-order valence-electron chi connectivity index (χ4n) is 3.50. The number of H-pyrrole nitrogens is 1. The van der Waals surface area contributed by atoms with Gasteiger partial charge >= 0.3 is 0 Å². The zero-order valence-corrected chi connectivity index (χ0v) is 16.4. The molecule has 0 saturated carbocycles. The Morgan fingerprint density at radius 2 is 1.84 bits per heavy atom. The first-order valence-corrected chi connectivity index (χ1v) is 9.84. The second kappa shape index (κ2) is 7.83. The fourth-order valence-corrected chi connectivity index (χ4v) is 3.50. The van der Waals surface area contributed by atoms with Crippen molar-refractivity contribution in [3.8, 4) is 5.69 Å². The van der Waals surface area contributed by atoms with Crippen molar-refractivity contribution in [2.45, 2.75) is 6.42 Å². The number of hydrogen-bond acceptors (Lipinski definition) is 5. The van der Waals surface area contributed by atoms with Crippen LogP contribution in [-0.4, -0.2) is 37.4 Å². The van der Waals surface area contributed by atoms with Crippen molar-refractivity contribution in [2.75, 3.05) is 6.54 Å². The van der Waals surface area contributed by atoms with Gasteiger partial charge in [-0.3, -0.25) is 19.7 Å². The average molecular weight is 410 g/mol. The fraction of sp³-hybridized carbons (Fsp3) is 0.0870. The zero-order valence-electron chi connectivity index (χ0n) is 16.4. The second-order valence-corrected chi connectivity index (χ2v) is 7.11. The molecule has 8 nitrogen and oxygen atoms in total. The molecular formula is C23H18N6O2. The Morgan fingerprint density at radius 3 is 2.65 bits per heavy atom. The van der Waals surface area contributed by atoms with Crippen LogP contribution in [0.4, 0.5) is 0 Å². The Kier molecular flexibility index (Phi) is 4.72. The first-order chi connectivity index (χ1) is 15.2. The van der Waals surface area contributed by atoms with Gasteiger partial charge in [-0.25, -0.2) is 4.68 Å². The van der Waals surface area contributed by atoms with Crippen LogP contribution in [0.25, 0.3) is 27.6 Å². The lowest BCUT2D eigenvalue weighted by atomic mass is 10.2. The summed E-state index contributed by atoms with van der Waals surface area (Å²) < 4.78 is 1.41. The van der Waals surface area contributed by atoms with Crippen molar-refractivity contribution in [2.24, 2.45) is 0 Å². The highest BCUT2D eigenvalue weighted by Crippen LogP contribution is 2.19. The van der Waals surface area contributed by atoms with E-state index in [1.807, 2.05) is 36.4 Å². The standard InChI is InChI=1S/C23H18N6O2/c30-22(25-13-11-15-4-3-12-24-14-15)16-7-9-17(10-8-16)29-23(31)21-20(28-29)18-5-1-2-6-19(18)26-27-21/h1-10,12,14,28H,11,13H2,(H,25,30). The van der Waals surface area contributed by atoms with Gasteiger partial charge in [0.25, 0.3) is 11.5 Å². The molecule has 3 aromatic heterocycles. The number of amides is 1. The van der Waals surface area contributed by atoms with Crippen LogP contribution in [0.2, 0.25) is 0 Å². The molecule has 0 saturated heterocycles. The summed E-state index contributed by atoms with van der Waals surface area (Å²) in [5.74, 6) is -0.170. The van der Waals surface area contributed by atoms with Crippen molar-refractivity contribution in [3.05, 3.63) is 94.5 Å². The number of carbonyl (C=O) groups excluding carboxylic acids is 1. The average Bonchev–Trinajstić information content (AvgIpc) is 3.17. The molecule has 1 amide bonds. The molecule has 0 atom stereocenters. The molecule has 5 aromatic rings. The van der Waals surface area contributed by atoms with E-state index in [2.05, 4.69) is 25.6 Å². The topological polar surface area (TPSA) is 106 Å². The van der Waals surface area contributed by atoms with Gasteiger partial charge in [0.2, 0.25) is 0 Å². The monoisotopic (exact) mass is 410 g/mol. The SMILES string of the molecule is O=C(NCCc1cccnc1)c1ccc(-n2[nH]c3c(nnc4ccccc43)c2=O)cc1. The Bertz CT molecular complexity index is 1440. The number of rotatable bonds is 5. The lowest BCUT2D eigenvalue weighted by molar-refractivity contribution is 0.0954. The smallest absolute Gasteiger partial charge is 0.299 e. The van der Waals surface area contributed by atoms with E-state index in [0.717, 1.165) is 10.9 Å². The van der Waals surface area contributed by atoms with Gasteiger partial charge < -0.3 is 5.32 Å². The molecule has 5 rings (SSSR count). The normalized spacial score (nSPS) is 11.1. The maximum Gasteiger partial charge on any atom is 0.299 e. The lowest BCUT2D eigenvalue weighted by Crippen LogP contribution is -2.25. The third-order valence-corrected chi connectivity index (χ3v) is 5.11. The molecule has 8 heteroatoms. The number of fused-ring (bicyclic) bond motifs is 3. The number of pyridine rings is 1. The van der Waals surface area contributed by atoms with E-state index in [1.165, 1.54) is 4.68 Å². The highest BCUT2D eigenvalue weighted by molar-refractivity contribution is 6.00. The van der Waals surface area contributed by atoms with E-state index in [-0.39, 0.29) is 17.0 Å². The van der Waals surface area contributed by atoms with Crippen molar-refractivity contribution in [3.63, 3.8) is 0 Å². The summed E-state index contributed by atoms with van der Waals surface area (Å²) in [6.07, 6.45) is 4.21. The maximum absolute atomic E-state index is 12.8. The number of hydrogen-bond donors (Lipinski definition) is 2. The third-order valence-electron chi connectivity index (χ3n) is 5.11. The molecule has 152 valence electrons. The minimum Gasteiger partial charge on any atom is -0.352 e.